The topological polar surface area (TPSA) is 82.3 Å². The van der Waals surface area contributed by atoms with Crippen LogP contribution in [0.15, 0.2) is 6.20 Å². The summed E-state index contributed by atoms with van der Waals surface area (Å²) in [7, 11) is -1.25. The number of rotatable bonds is 4. The molecule has 1 aliphatic heterocycles. The van der Waals surface area contributed by atoms with Gasteiger partial charge in [0.15, 0.2) is 9.84 Å². The lowest BCUT2D eigenvalue weighted by molar-refractivity contribution is 0.404. The highest BCUT2D eigenvalue weighted by molar-refractivity contribution is 7.91. The average molecular weight is 298 g/mol. The molecule has 0 saturated carbocycles. The molecule has 2 rings (SSSR count). The van der Waals surface area contributed by atoms with Crippen LogP contribution in [0.25, 0.3) is 0 Å². The highest BCUT2D eigenvalue weighted by Crippen LogP contribution is 2.27. The van der Waals surface area contributed by atoms with Gasteiger partial charge in [-0.3, -0.25) is 4.98 Å². The van der Waals surface area contributed by atoms with Gasteiger partial charge in [0, 0.05) is 35.5 Å². The molecule has 1 fully saturated rings. The standard InChI is InChI=1S/C14H22N2O3S/c1-9-7-16-13(10(2)14(9)19-3)6-12(15)11-4-5-20(17,18)8-11/h7,11-12H,4-6,8,15H2,1-3H3. The molecule has 1 aliphatic rings. The molecular formula is C14H22N2O3S. The summed E-state index contributed by atoms with van der Waals surface area (Å²) in [5.74, 6) is 1.33. The quantitative estimate of drug-likeness (QED) is 0.897. The molecule has 1 aromatic heterocycles. The minimum Gasteiger partial charge on any atom is -0.496 e. The van der Waals surface area contributed by atoms with Gasteiger partial charge in [0.2, 0.25) is 0 Å². The van der Waals surface area contributed by atoms with E-state index in [4.69, 9.17) is 10.5 Å². The molecule has 6 heteroatoms. The van der Waals surface area contributed by atoms with Gasteiger partial charge in [-0.05, 0) is 26.2 Å². The summed E-state index contributed by atoms with van der Waals surface area (Å²) in [6.45, 7) is 3.92. The second-order valence-electron chi connectivity index (χ2n) is 5.58. The van der Waals surface area contributed by atoms with Crippen molar-refractivity contribution in [1.82, 2.24) is 4.98 Å². The van der Waals surface area contributed by atoms with Gasteiger partial charge in [0.05, 0.1) is 18.6 Å². The lowest BCUT2D eigenvalue weighted by atomic mass is 9.94. The van der Waals surface area contributed by atoms with Crippen LogP contribution in [0.3, 0.4) is 0 Å². The number of pyridine rings is 1. The number of ether oxygens (including phenoxy) is 1. The number of hydrogen-bond acceptors (Lipinski definition) is 5. The first-order chi connectivity index (χ1) is 9.34. The van der Waals surface area contributed by atoms with E-state index in [9.17, 15) is 8.42 Å². The molecule has 0 aromatic carbocycles. The molecule has 2 heterocycles. The Morgan fingerprint density at radius 2 is 2.20 bits per heavy atom. The van der Waals surface area contributed by atoms with Gasteiger partial charge in [-0.2, -0.15) is 0 Å². The lowest BCUT2D eigenvalue weighted by Crippen LogP contribution is -2.33. The Labute approximate surface area is 120 Å². The number of hydrogen-bond donors (Lipinski definition) is 1. The molecule has 5 nitrogen and oxygen atoms in total. The van der Waals surface area contributed by atoms with Crippen LogP contribution in [0.4, 0.5) is 0 Å². The highest BCUT2D eigenvalue weighted by atomic mass is 32.2. The van der Waals surface area contributed by atoms with Gasteiger partial charge in [-0.1, -0.05) is 0 Å². The normalized spacial score (nSPS) is 22.7. The lowest BCUT2D eigenvalue weighted by Gasteiger charge is -2.19. The first-order valence-electron chi connectivity index (χ1n) is 6.79. The fraction of sp³-hybridized carbons (Fsp3) is 0.643. The molecule has 0 radical (unpaired) electrons. The third-order valence-electron chi connectivity index (χ3n) is 4.05. The first kappa shape index (κ1) is 15.3. The Kier molecular flexibility index (Phi) is 4.34. The smallest absolute Gasteiger partial charge is 0.150 e. The van der Waals surface area contributed by atoms with E-state index in [1.165, 1.54) is 0 Å². The second kappa shape index (κ2) is 5.69. The summed E-state index contributed by atoms with van der Waals surface area (Å²) >= 11 is 0. The van der Waals surface area contributed by atoms with Crippen molar-refractivity contribution in [2.45, 2.75) is 32.7 Å². The molecule has 1 aromatic rings. The number of methoxy groups -OCH3 is 1. The predicted molar refractivity (Wildman–Crippen MR) is 78.7 cm³/mol. The van der Waals surface area contributed by atoms with E-state index in [1.54, 1.807) is 13.3 Å². The Morgan fingerprint density at radius 1 is 1.50 bits per heavy atom. The van der Waals surface area contributed by atoms with Crippen LogP contribution in [0.5, 0.6) is 5.75 Å². The van der Waals surface area contributed by atoms with Crippen LogP contribution in [0, 0.1) is 19.8 Å². The van der Waals surface area contributed by atoms with Crippen LogP contribution in [0.1, 0.15) is 23.2 Å². The number of sulfone groups is 1. The fourth-order valence-corrected chi connectivity index (χ4v) is 4.72. The van der Waals surface area contributed by atoms with Gasteiger partial charge in [0.1, 0.15) is 5.75 Å². The van der Waals surface area contributed by atoms with E-state index in [2.05, 4.69) is 4.98 Å². The Balaban J connectivity index is 2.14. The van der Waals surface area contributed by atoms with Crippen LogP contribution >= 0.6 is 0 Å². The maximum atomic E-state index is 11.5. The van der Waals surface area contributed by atoms with Crippen molar-refractivity contribution in [2.75, 3.05) is 18.6 Å². The summed E-state index contributed by atoms with van der Waals surface area (Å²) in [6, 6.07) is -0.175. The van der Waals surface area contributed by atoms with Crippen molar-refractivity contribution < 1.29 is 13.2 Å². The first-order valence-corrected chi connectivity index (χ1v) is 8.61. The maximum absolute atomic E-state index is 11.5. The number of nitrogens with zero attached hydrogens (tertiary/aromatic N) is 1. The Morgan fingerprint density at radius 3 is 2.75 bits per heavy atom. The van der Waals surface area contributed by atoms with Crippen molar-refractivity contribution in [2.24, 2.45) is 11.7 Å². The van der Waals surface area contributed by atoms with Gasteiger partial charge in [-0.15, -0.1) is 0 Å². The van der Waals surface area contributed by atoms with E-state index in [-0.39, 0.29) is 23.5 Å². The van der Waals surface area contributed by atoms with E-state index in [0.717, 1.165) is 22.6 Å². The van der Waals surface area contributed by atoms with E-state index in [1.807, 2.05) is 13.8 Å². The number of nitrogens with two attached hydrogens (primary N) is 1. The number of aromatic nitrogens is 1. The van der Waals surface area contributed by atoms with Crippen LogP contribution in [-0.4, -0.2) is 38.1 Å². The molecule has 0 aliphatic carbocycles. The Bertz CT molecular complexity index is 599. The van der Waals surface area contributed by atoms with Crippen molar-refractivity contribution in [3.63, 3.8) is 0 Å². The molecular weight excluding hydrogens is 276 g/mol. The molecule has 0 bridgehead atoms. The van der Waals surface area contributed by atoms with Crippen LogP contribution in [-0.2, 0) is 16.3 Å². The molecule has 0 spiro atoms. The van der Waals surface area contributed by atoms with Crippen molar-refractivity contribution >= 4 is 9.84 Å². The van der Waals surface area contributed by atoms with E-state index < -0.39 is 9.84 Å². The second-order valence-corrected chi connectivity index (χ2v) is 7.81. The van der Waals surface area contributed by atoms with Gasteiger partial charge < -0.3 is 10.5 Å². The minimum absolute atomic E-state index is 0.0356. The maximum Gasteiger partial charge on any atom is 0.150 e. The molecule has 1 saturated heterocycles. The molecule has 20 heavy (non-hydrogen) atoms. The van der Waals surface area contributed by atoms with Crippen molar-refractivity contribution in [3.05, 3.63) is 23.0 Å². The zero-order chi connectivity index (χ0) is 14.9. The largest absolute Gasteiger partial charge is 0.496 e. The summed E-state index contributed by atoms with van der Waals surface area (Å²) in [5.41, 5.74) is 9.06. The predicted octanol–water partition coefficient (Wildman–Crippen LogP) is 1.01. The third kappa shape index (κ3) is 3.12. The van der Waals surface area contributed by atoms with E-state index >= 15 is 0 Å². The van der Waals surface area contributed by atoms with Crippen molar-refractivity contribution in [1.29, 1.82) is 0 Å². The molecule has 2 atom stereocenters. The Hall–Kier alpha value is -1.14. The zero-order valence-corrected chi connectivity index (χ0v) is 13.0. The monoisotopic (exact) mass is 298 g/mol. The zero-order valence-electron chi connectivity index (χ0n) is 12.2. The molecule has 2 N–H and O–H groups in total. The molecule has 2 unspecified atom stereocenters. The summed E-state index contributed by atoms with van der Waals surface area (Å²) in [5, 5.41) is 0. The minimum atomic E-state index is -2.89. The SMILES string of the molecule is COc1c(C)cnc(CC(N)C2CCS(=O)(=O)C2)c1C. The van der Waals surface area contributed by atoms with Crippen LogP contribution in [0.2, 0.25) is 0 Å². The molecule has 112 valence electrons. The summed E-state index contributed by atoms with van der Waals surface area (Å²) in [6.07, 6.45) is 3.02. The van der Waals surface area contributed by atoms with Gasteiger partial charge in [-0.25, -0.2) is 8.42 Å². The van der Waals surface area contributed by atoms with Crippen molar-refractivity contribution in [3.8, 4) is 5.75 Å². The summed E-state index contributed by atoms with van der Waals surface area (Å²) in [4.78, 5) is 4.42. The van der Waals surface area contributed by atoms with E-state index in [0.29, 0.717) is 12.8 Å². The third-order valence-corrected chi connectivity index (χ3v) is 5.85. The summed E-state index contributed by atoms with van der Waals surface area (Å²) < 4.78 is 28.4. The highest BCUT2D eigenvalue weighted by Gasteiger charge is 2.32. The average Bonchev–Trinajstić information content (AvgIpc) is 2.74. The fourth-order valence-electron chi connectivity index (χ4n) is 2.83. The number of aryl methyl sites for hydroxylation is 1. The van der Waals surface area contributed by atoms with Crippen LogP contribution < -0.4 is 10.5 Å². The van der Waals surface area contributed by atoms with Gasteiger partial charge >= 0.3 is 0 Å². The van der Waals surface area contributed by atoms with Gasteiger partial charge in [0.25, 0.3) is 0 Å². The molecule has 0 amide bonds.